The molecule has 0 radical (unpaired) electrons. The van der Waals surface area contributed by atoms with Gasteiger partial charge in [-0.05, 0) is 38.7 Å². The number of nitrogens with zero attached hydrogens (tertiary/aromatic N) is 3. The van der Waals surface area contributed by atoms with E-state index >= 15 is 0 Å². The number of hydrogen-bond acceptors (Lipinski definition) is 2. The molecule has 1 saturated heterocycles. The zero-order valence-corrected chi connectivity index (χ0v) is 13.3. The molecule has 1 aliphatic heterocycles. The van der Waals surface area contributed by atoms with Crippen molar-refractivity contribution >= 4 is 5.91 Å². The maximum atomic E-state index is 12.7. The third-order valence-electron chi connectivity index (χ3n) is 4.55. The predicted octanol–water partition coefficient (Wildman–Crippen LogP) is 3.51. The molecule has 0 spiro atoms. The molecule has 116 valence electrons. The highest BCUT2D eigenvalue weighted by Gasteiger charge is 2.28. The zero-order chi connectivity index (χ0) is 15.5. The fourth-order valence-corrected chi connectivity index (χ4v) is 3.11. The first-order chi connectivity index (χ1) is 10.7. The molecule has 1 fully saturated rings. The summed E-state index contributed by atoms with van der Waals surface area (Å²) in [6.45, 7) is 4.95. The summed E-state index contributed by atoms with van der Waals surface area (Å²) in [5.41, 5.74) is 2.17. The van der Waals surface area contributed by atoms with Crippen LogP contribution in [0.4, 0.5) is 0 Å². The Labute approximate surface area is 131 Å². The number of carbonyl (C=O) groups excluding carboxylic acids is 1. The first-order valence-electron chi connectivity index (χ1n) is 8.07. The summed E-state index contributed by atoms with van der Waals surface area (Å²) in [4.78, 5) is 14.7. The van der Waals surface area contributed by atoms with Crippen molar-refractivity contribution in [2.24, 2.45) is 0 Å². The Hall–Kier alpha value is -2.10. The Morgan fingerprint density at radius 3 is 2.73 bits per heavy atom. The topological polar surface area (TPSA) is 38.1 Å². The van der Waals surface area contributed by atoms with Gasteiger partial charge >= 0.3 is 0 Å². The molecule has 0 aliphatic carbocycles. The molecular formula is C18H23N3O. The summed E-state index contributed by atoms with van der Waals surface area (Å²) in [7, 11) is 0. The van der Waals surface area contributed by atoms with Crippen LogP contribution in [0, 0.1) is 0 Å². The van der Waals surface area contributed by atoms with Gasteiger partial charge in [0.25, 0.3) is 0 Å². The Morgan fingerprint density at radius 2 is 2.00 bits per heavy atom. The molecule has 2 heterocycles. The van der Waals surface area contributed by atoms with Gasteiger partial charge in [0.2, 0.25) is 5.91 Å². The van der Waals surface area contributed by atoms with Crippen molar-refractivity contribution in [1.82, 2.24) is 14.7 Å². The van der Waals surface area contributed by atoms with Crippen molar-refractivity contribution in [3.63, 3.8) is 0 Å². The minimum atomic E-state index is -0.252. The summed E-state index contributed by atoms with van der Waals surface area (Å²) in [5.74, 6) is 0.176. The van der Waals surface area contributed by atoms with Crippen LogP contribution < -0.4 is 0 Å². The Kier molecular flexibility index (Phi) is 4.27. The lowest BCUT2D eigenvalue weighted by Gasteiger charge is -2.35. The molecule has 1 aromatic carbocycles. The number of carbonyl (C=O) groups is 1. The molecule has 2 aromatic rings. The Balaban J connectivity index is 1.76. The minimum absolute atomic E-state index is 0.176. The third kappa shape index (κ3) is 2.91. The van der Waals surface area contributed by atoms with Crippen molar-refractivity contribution in [3.05, 3.63) is 42.7 Å². The van der Waals surface area contributed by atoms with Crippen LogP contribution in [0.25, 0.3) is 11.1 Å². The van der Waals surface area contributed by atoms with Gasteiger partial charge in [0.05, 0.1) is 6.20 Å². The quantitative estimate of drug-likeness (QED) is 0.869. The number of aromatic nitrogens is 2. The largest absolute Gasteiger partial charge is 0.338 e. The summed E-state index contributed by atoms with van der Waals surface area (Å²) >= 11 is 0. The van der Waals surface area contributed by atoms with Crippen LogP contribution >= 0.6 is 0 Å². The molecule has 0 saturated carbocycles. The van der Waals surface area contributed by atoms with E-state index in [9.17, 15) is 4.79 Å². The monoisotopic (exact) mass is 297 g/mol. The van der Waals surface area contributed by atoms with E-state index in [4.69, 9.17) is 0 Å². The second-order valence-corrected chi connectivity index (χ2v) is 6.13. The van der Waals surface area contributed by atoms with Gasteiger partial charge < -0.3 is 4.90 Å². The molecule has 0 unspecified atom stereocenters. The van der Waals surface area contributed by atoms with Crippen LogP contribution in [0.3, 0.4) is 0 Å². The molecule has 4 nitrogen and oxygen atoms in total. The predicted molar refractivity (Wildman–Crippen MR) is 87.4 cm³/mol. The maximum Gasteiger partial charge on any atom is 0.247 e. The SMILES string of the molecule is C[C@H]1CCCCN1C(=O)[C@H](C)n1cc(-c2ccccc2)cn1. The average molecular weight is 297 g/mol. The second kappa shape index (κ2) is 6.34. The molecule has 2 atom stereocenters. The van der Waals surface area contributed by atoms with E-state index in [0.717, 1.165) is 30.5 Å². The lowest BCUT2D eigenvalue weighted by Crippen LogP contribution is -2.45. The summed E-state index contributed by atoms with van der Waals surface area (Å²) in [5, 5.41) is 4.40. The smallest absolute Gasteiger partial charge is 0.247 e. The number of benzene rings is 1. The van der Waals surface area contributed by atoms with Gasteiger partial charge in [-0.2, -0.15) is 5.10 Å². The molecule has 0 N–H and O–H groups in total. The molecule has 4 heteroatoms. The number of amides is 1. The Morgan fingerprint density at radius 1 is 1.23 bits per heavy atom. The zero-order valence-electron chi connectivity index (χ0n) is 13.3. The van der Waals surface area contributed by atoms with Gasteiger partial charge in [-0.15, -0.1) is 0 Å². The van der Waals surface area contributed by atoms with Crippen LogP contribution in [0.5, 0.6) is 0 Å². The molecule has 1 aromatic heterocycles. The van der Waals surface area contributed by atoms with Crippen LogP contribution in [0.1, 0.15) is 39.2 Å². The van der Waals surface area contributed by atoms with Gasteiger partial charge in [0, 0.05) is 24.3 Å². The second-order valence-electron chi connectivity index (χ2n) is 6.13. The van der Waals surface area contributed by atoms with Gasteiger partial charge in [0.15, 0.2) is 0 Å². The Bertz CT molecular complexity index is 635. The van der Waals surface area contributed by atoms with E-state index in [2.05, 4.69) is 24.2 Å². The van der Waals surface area contributed by atoms with Crippen LogP contribution in [-0.2, 0) is 4.79 Å². The van der Waals surface area contributed by atoms with Crippen LogP contribution in [0.15, 0.2) is 42.7 Å². The van der Waals surface area contributed by atoms with Gasteiger partial charge in [-0.25, -0.2) is 0 Å². The van der Waals surface area contributed by atoms with Crippen molar-refractivity contribution in [3.8, 4) is 11.1 Å². The van der Waals surface area contributed by atoms with Crippen LogP contribution in [-0.4, -0.2) is 33.2 Å². The van der Waals surface area contributed by atoms with Gasteiger partial charge in [0.1, 0.15) is 6.04 Å². The fourth-order valence-electron chi connectivity index (χ4n) is 3.11. The lowest BCUT2D eigenvalue weighted by molar-refractivity contribution is -0.137. The van der Waals surface area contributed by atoms with E-state index in [1.165, 1.54) is 6.42 Å². The number of rotatable bonds is 3. The van der Waals surface area contributed by atoms with Gasteiger partial charge in [-0.3, -0.25) is 9.48 Å². The first-order valence-corrected chi connectivity index (χ1v) is 8.07. The molecule has 1 amide bonds. The van der Waals surface area contributed by atoms with E-state index in [-0.39, 0.29) is 11.9 Å². The maximum absolute atomic E-state index is 12.7. The highest BCUT2D eigenvalue weighted by Crippen LogP contribution is 2.23. The number of hydrogen-bond donors (Lipinski definition) is 0. The number of likely N-dealkylation sites (tertiary alicyclic amines) is 1. The first kappa shape index (κ1) is 14.8. The molecular weight excluding hydrogens is 274 g/mol. The van der Waals surface area contributed by atoms with E-state index in [1.807, 2.05) is 42.4 Å². The van der Waals surface area contributed by atoms with Crippen molar-refractivity contribution in [1.29, 1.82) is 0 Å². The van der Waals surface area contributed by atoms with Crippen molar-refractivity contribution < 1.29 is 4.79 Å². The lowest BCUT2D eigenvalue weighted by atomic mass is 10.0. The van der Waals surface area contributed by atoms with Crippen molar-refractivity contribution in [2.45, 2.75) is 45.2 Å². The van der Waals surface area contributed by atoms with E-state index in [1.54, 1.807) is 4.68 Å². The molecule has 1 aliphatic rings. The average Bonchev–Trinajstić information content (AvgIpc) is 3.05. The molecule has 22 heavy (non-hydrogen) atoms. The highest BCUT2D eigenvalue weighted by molar-refractivity contribution is 5.80. The fraction of sp³-hybridized carbons (Fsp3) is 0.444. The van der Waals surface area contributed by atoms with E-state index in [0.29, 0.717) is 6.04 Å². The normalized spacial score (nSPS) is 19.9. The van der Waals surface area contributed by atoms with E-state index < -0.39 is 0 Å². The van der Waals surface area contributed by atoms with Gasteiger partial charge in [-0.1, -0.05) is 30.3 Å². The summed E-state index contributed by atoms with van der Waals surface area (Å²) in [6, 6.07) is 10.2. The minimum Gasteiger partial charge on any atom is -0.338 e. The number of piperidine rings is 1. The standard InChI is InChI=1S/C18H23N3O/c1-14-8-6-7-11-20(14)18(22)15(2)21-13-17(12-19-21)16-9-4-3-5-10-16/h3-5,9-10,12-15H,6-8,11H2,1-2H3/t14-,15-/m0/s1. The third-order valence-corrected chi connectivity index (χ3v) is 4.55. The van der Waals surface area contributed by atoms with Crippen molar-refractivity contribution in [2.75, 3.05) is 6.54 Å². The summed E-state index contributed by atoms with van der Waals surface area (Å²) < 4.78 is 1.78. The van der Waals surface area contributed by atoms with Crippen LogP contribution in [0.2, 0.25) is 0 Å². The summed E-state index contributed by atoms with van der Waals surface area (Å²) in [6.07, 6.45) is 7.23. The molecule has 0 bridgehead atoms. The molecule has 3 rings (SSSR count). The highest BCUT2D eigenvalue weighted by atomic mass is 16.2.